The second kappa shape index (κ2) is 6.75. The molecule has 0 atom stereocenters. The van der Waals surface area contributed by atoms with Crippen LogP contribution in [-0.2, 0) is 12.8 Å². The van der Waals surface area contributed by atoms with Crippen LogP contribution in [0.2, 0.25) is 0 Å². The molecule has 6 heteroatoms. The number of nitrogens with zero attached hydrogens (tertiary/aromatic N) is 2. The quantitative estimate of drug-likeness (QED) is 0.810. The van der Waals surface area contributed by atoms with Crippen molar-refractivity contribution in [3.8, 4) is 11.5 Å². The monoisotopic (exact) mass is 264 g/mol. The van der Waals surface area contributed by atoms with Gasteiger partial charge < -0.3 is 19.0 Å². The Labute approximate surface area is 111 Å². The number of ether oxygens (including phenoxy) is 2. The van der Waals surface area contributed by atoms with Crippen LogP contribution >= 0.6 is 0 Å². The number of aliphatic hydroxyl groups is 1. The Kier molecular flexibility index (Phi) is 4.74. The van der Waals surface area contributed by atoms with Gasteiger partial charge in [-0.05, 0) is 12.1 Å². The van der Waals surface area contributed by atoms with E-state index in [1.165, 1.54) is 0 Å². The van der Waals surface area contributed by atoms with Gasteiger partial charge in [0.1, 0.15) is 0 Å². The molecule has 0 aliphatic rings. The number of para-hydroxylation sites is 2. The Balaban J connectivity index is 1.85. The summed E-state index contributed by atoms with van der Waals surface area (Å²) in [5, 5.41) is 16.4. The molecule has 1 N–H and O–H groups in total. The molecule has 1 heterocycles. The fourth-order valence-corrected chi connectivity index (χ4v) is 1.57. The van der Waals surface area contributed by atoms with Crippen LogP contribution in [0.15, 0.2) is 28.7 Å². The second-order valence-corrected chi connectivity index (χ2v) is 3.81. The first kappa shape index (κ1) is 13.4. The van der Waals surface area contributed by atoms with Crippen LogP contribution in [0, 0.1) is 0 Å². The lowest BCUT2D eigenvalue weighted by Gasteiger charge is -2.08. The van der Waals surface area contributed by atoms with Crippen molar-refractivity contribution < 1.29 is 19.0 Å². The van der Waals surface area contributed by atoms with Crippen molar-refractivity contribution in [3.05, 3.63) is 36.0 Å². The second-order valence-electron chi connectivity index (χ2n) is 3.81. The number of methoxy groups -OCH3 is 1. The number of aliphatic hydroxyl groups excluding tert-OH is 1. The van der Waals surface area contributed by atoms with E-state index in [-0.39, 0.29) is 6.61 Å². The average Bonchev–Trinajstić information content (AvgIpc) is 2.87. The highest BCUT2D eigenvalue weighted by molar-refractivity contribution is 5.39. The van der Waals surface area contributed by atoms with Crippen molar-refractivity contribution in [2.45, 2.75) is 12.8 Å². The van der Waals surface area contributed by atoms with E-state index in [2.05, 4.69) is 10.2 Å². The smallest absolute Gasteiger partial charge is 0.219 e. The molecule has 6 nitrogen and oxygen atoms in total. The van der Waals surface area contributed by atoms with Crippen molar-refractivity contribution in [2.75, 3.05) is 20.3 Å². The minimum Gasteiger partial charge on any atom is -0.493 e. The summed E-state index contributed by atoms with van der Waals surface area (Å²) in [6.07, 6.45) is 0.886. The third-order valence-electron chi connectivity index (χ3n) is 2.48. The van der Waals surface area contributed by atoms with Gasteiger partial charge >= 0.3 is 0 Å². The lowest BCUT2D eigenvalue weighted by molar-refractivity contribution is 0.273. The first-order valence-corrected chi connectivity index (χ1v) is 6.01. The number of benzene rings is 1. The van der Waals surface area contributed by atoms with E-state index in [4.69, 9.17) is 19.0 Å². The largest absolute Gasteiger partial charge is 0.493 e. The lowest BCUT2D eigenvalue weighted by atomic mass is 10.3. The third-order valence-corrected chi connectivity index (χ3v) is 2.48. The molecule has 0 saturated carbocycles. The fraction of sp³-hybridized carbons (Fsp3) is 0.385. The zero-order valence-corrected chi connectivity index (χ0v) is 10.7. The molecule has 0 amide bonds. The van der Waals surface area contributed by atoms with Gasteiger partial charge in [0.05, 0.1) is 26.7 Å². The molecule has 0 unspecified atom stereocenters. The first-order valence-electron chi connectivity index (χ1n) is 6.01. The molecule has 1 aromatic carbocycles. The third kappa shape index (κ3) is 3.69. The zero-order chi connectivity index (χ0) is 13.5. The maximum absolute atomic E-state index is 8.75. The van der Waals surface area contributed by atoms with Gasteiger partial charge in [-0.1, -0.05) is 12.1 Å². The fourth-order valence-electron chi connectivity index (χ4n) is 1.57. The Bertz CT molecular complexity index is 513. The molecule has 1 aromatic heterocycles. The Morgan fingerprint density at radius 2 is 1.79 bits per heavy atom. The molecule has 0 aliphatic carbocycles. The SMILES string of the molecule is COc1ccccc1OCCc1nnc(CCO)o1. The Morgan fingerprint density at radius 3 is 2.47 bits per heavy atom. The molecule has 2 aromatic rings. The van der Waals surface area contributed by atoms with Crippen LogP contribution in [-0.4, -0.2) is 35.6 Å². The minimum absolute atomic E-state index is 0.000647. The van der Waals surface area contributed by atoms with E-state index in [0.29, 0.717) is 42.7 Å². The highest BCUT2D eigenvalue weighted by atomic mass is 16.5. The lowest BCUT2D eigenvalue weighted by Crippen LogP contribution is -2.02. The molecular weight excluding hydrogens is 248 g/mol. The Morgan fingerprint density at radius 1 is 1.11 bits per heavy atom. The van der Waals surface area contributed by atoms with Crippen LogP contribution in [0.25, 0.3) is 0 Å². The maximum atomic E-state index is 8.75. The molecule has 0 spiro atoms. The van der Waals surface area contributed by atoms with Gasteiger partial charge in [0.2, 0.25) is 11.8 Å². The van der Waals surface area contributed by atoms with Gasteiger partial charge in [-0.2, -0.15) is 0 Å². The number of aromatic nitrogens is 2. The van der Waals surface area contributed by atoms with Crippen molar-refractivity contribution in [3.63, 3.8) is 0 Å². The molecular formula is C13H16N2O4. The number of hydrogen-bond acceptors (Lipinski definition) is 6. The van der Waals surface area contributed by atoms with E-state index in [1.807, 2.05) is 24.3 Å². The molecule has 0 saturated heterocycles. The summed E-state index contributed by atoms with van der Waals surface area (Å²) in [6.45, 7) is 0.417. The van der Waals surface area contributed by atoms with Gasteiger partial charge in [0, 0.05) is 6.42 Å². The minimum atomic E-state index is -0.000647. The molecule has 2 rings (SSSR count). The van der Waals surface area contributed by atoms with E-state index < -0.39 is 0 Å². The van der Waals surface area contributed by atoms with Gasteiger partial charge in [-0.15, -0.1) is 10.2 Å². The molecule has 0 fully saturated rings. The molecule has 0 bridgehead atoms. The average molecular weight is 264 g/mol. The van der Waals surface area contributed by atoms with Gasteiger partial charge in [-0.25, -0.2) is 0 Å². The van der Waals surface area contributed by atoms with Crippen LogP contribution in [0.3, 0.4) is 0 Å². The van der Waals surface area contributed by atoms with Crippen LogP contribution < -0.4 is 9.47 Å². The van der Waals surface area contributed by atoms with Crippen molar-refractivity contribution in [1.82, 2.24) is 10.2 Å². The van der Waals surface area contributed by atoms with Crippen molar-refractivity contribution >= 4 is 0 Å². The Hall–Kier alpha value is -2.08. The standard InChI is InChI=1S/C13H16N2O4/c1-17-10-4-2-3-5-11(10)18-9-7-13-15-14-12(19-13)6-8-16/h2-5,16H,6-9H2,1H3. The van der Waals surface area contributed by atoms with Crippen LogP contribution in [0.5, 0.6) is 11.5 Å². The topological polar surface area (TPSA) is 77.6 Å². The summed E-state index contributed by atoms with van der Waals surface area (Å²) in [5.74, 6) is 2.31. The summed E-state index contributed by atoms with van der Waals surface area (Å²) < 4.78 is 16.1. The molecule has 0 radical (unpaired) electrons. The normalized spacial score (nSPS) is 10.4. The predicted octanol–water partition coefficient (Wildman–Crippen LogP) is 1.23. The van der Waals surface area contributed by atoms with Crippen LogP contribution in [0.1, 0.15) is 11.8 Å². The molecule has 102 valence electrons. The van der Waals surface area contributed by atoms with Crippen molar-refractivity contribution in [2.24, 2.45) is 0 Å². The molecule has 0 aliphatic heterocycles. The zero-order valence-electron chi connectivity index (χ0n) is 10.7. The van der Waals surface area contributed by atoms with Gasteiger partial charge in [0.15, 0.2) is 11.5 Å². The van der Waals surface area contributed by atoms with E-state index in [9.17, 15) is 0 Å². The summed E-state index contributed by atoms with van der Waals surface area (Å²) >= 11 is 0. The molecule has 19 heavy (non-hydrogen) atoms. The highest BCUT2D eigenvalue weighted by Gasteiger charge is 2.07. The summed E-state index contributed by atoms with van der Waals surface area (Å²) in [5.41, 5.74) is 0. The predicted molar refractivity (Wildman–Crippen MR) is 67.3 cm³/mol. The van der Waals surface area contributed by atoms with Gasteiger partial charge in [0.25, 0.3) is 0 Å². The summed E-state index contributed by atoms with van der Waals surface area (Å²) in [7, 11) is 1.60. The van der Waals surface area contributed by atoms with Crippen LogP contribution in [0.4, 0.5) is 0 Å². The highest BCUT2D eigenvalue weighted by Crippen LogP contribution is 2.25. The van der Waals surface area contributed by atoms with E-state index >= 15 is 0 Å². The van der Waals surface area contributed by atoms with E-state index in [1.54, 1.807) is 7.11 Å². The number of rotatable bonds is 7. The van der Waals surface area contributed by atoms with E-state index in [0.717, 1.165) is 0 Å². The first-order chi connectivity index (χ1) is 9.33. The van der Waals surface area contributed by atoms with Gasteiger partial charge in [-0.3, -0.25) is 0 Å². The summed E-state index contributed by atoms with van der Waals surface area (Å²) in [4.78, 5) is 0. The number of hydrogen-bond donors (Lipinski definition) is 1. The summed E-state index contributed by atoms with van der Waals surface area (Å²) in [6, 6.07) is 7.43. The van der Waals surface area contributed by atoms with Crippen molar-refractivity contribution in [1.29, 1.82) is 0 Å². The maximum Gasteiger partial charge on any atom is 0.219 e.